The second-order valence-corrected chi connectivity index (χ2v) is 4.45. The van der Waals surface area contributed by atoms with E-state index < -0.39 is 0 Å². The predicted molar refractivity (Wildman–Crippen MR) is 80.3 cm³/mol. The fourth-order valence-corrected chi connectivity index (χ4v) is 1.78. The summed E-state index contributed by atoms with van der Waals surface area (Å²) in [7, 11) is 1.90. The maximum atomic E-state index is 12.0. The average molecular weight is 291 g/mol. The molecule has 0 atom stereocenters. The zero-order valence-electron chi connectivity index (χ0n) is 12.4. The highest BCUT2D eigenvalue weighted by atomic mass is 16.5. The first-order chi connectivity index (χ1) is 10.1. The number of aliphatic hydroxyl groups excluding tert-OH is 1. The van der Waals surface area contributed by atoms with Gasteiger partial charge in [0, 0.05) is 25.7 Å². The summed E-state index contributed by atoms with van der Waals surface area (Å²) in [4.78, 5) is 13.9. The number of nitrogens with zero attached hydrogens (tertiary/aromatic N) is 2. The van der Waals surface area contributed by atoms with Gasteiger partial charge in [0.25, 0.3) is 5.91 Å². The van der Waals surface area contributed by atoms with Crippen molar-refractivity contribution in [3.05, 3.63) is 29.3 Å². The van der Waals surface area contributed by atoms with E-state index >= 15 is 0 Å². The molecule has 2 N–H and O–H groups in total. The first kappa shape index (κ1) is 17.0. The zero-order valence-corrected chi connectivity index (χ0v) is 12.4. The molecule has 1 aromatic carbocycles. The normalized spacial score (nSPS) is 10.0. The summed E-state index contributed by atoms with van der Waals surface area (Å²) in [6.45, 7) is 3.69. The fraction of sp³-hybridized carbons (Fsp3) is 0.467. The van der Waals surface area contributed by atoms with E-state index in [0.29, 0.717) is 24.3 Å². The third-order valence-corrected chi connectivity index (χ3v) is 3.03. The van der Waals surface area contributed by atoms with Crippen molar-refractivity contribution in [2.75, 3.05) is 44.9 Å². The number of benzene rings is 1. The molecule has 1 aromatic rings. The van der Waals surface area contributed by atoms with E-state index in [9.17, 15) is 10.1 Å². The Hall–Kier alpha value is -2.10. The third kappa shape index (κ3) is 5.06. The lowest BCUT2D eigenvalue weighted by Crippen LogP contribution is -2.27. The van der Waals surface area contributed by atoms with Crippen molar-refractivity contribution < 1.29 is 14.6 Å². The van der Waals surface area contributed by atoms with Gasteiger partial charge in [0.2, 0.25) is 0 Å². The Morgan fingerprint density at radius 3 is 2.86 bits per heavy atom. The molecule has 0 bridgehead atoms. The first-order valence-corrected chi connectivity index (χ1v) is 6.86. The first-order valence-electron chi connectivity index (χ1n) is 6.86. The van der Waals surface area contributed by atoms with Crippen LogP contribution >= 0.6 is 0 Å². The van der Waals surface area contributed by atoms with Gasteiger partial charge >= 0.3 is 0 Å². The molecule has 0 aliphatic heterocycles. The van der Waals surface area contributed by atoms with E-state index in [0.717, 1.165) is 12.2 Å². The maximum absolute atomic E-state index is 12.0. The minimum atomic E-state index is -0.246. The monoisotopic (exact) mass is 291 g/mol. The highest BCUT2D eigenvalue weighted by Crippen LogP contribution is 2.20. The van der Waals surface area contributed by atoms with Gasteiger partial charge in [0.05, 0.1) is 31.1 Å². The molecule has 1 rings (SSSR count). The number of carbonyl (C=O) groups is 1. The quantitative estimate of drug-likeness (QED) is 0.690. The van der Waals surface area contributed by atoms with Gasteiger partial charge in [-0.15, -0.1) is 0 Å². The maximum Gasteiger partial charge on any atom is 0.251 e. The summed E-state index contributed by atoms with van der Waals surface area (Å²) in [6.07, 6.45) is 0. The third-order valence-electron chi connectivity index (χ3n) is 3.03. The molecule has 0 aromatic heterocycles. The van der Waals surface area contributed by atoms with Crippen LogP contribution in [0.3, 0.4) is 0 Å². The summed E-state index contributed by atoms with van der Waals surface area (Å²) in [6, 6.07) is 7.18. The van der Waals surface area contributed by atoms with Crippen LogP contribution in [0.4, 0.5) is 5.69 Å². The molecule has 0 fully saturated rings. The summed E-state index contributed by atoms with van der Waals surface area (Å²) in [5.74, 6) is -0.246. The molecule has 0 saturated heterocycles. The lowest BCUT2D eigenvalue weighted by Gasteiger charge is -2.18. The van der Waals surface area contributed by atoms with Gasteiger partial charge in [0.15, 0.2) is 0 Å². The fourth-order valence-electron chi connectivity index (χ4n) is 1.78. The number of hydrogen-bond acceptors (Lipinski definition) is 5. The van der Waals surface area contributed by atoms with Gasteiger partial charge in [0.1, 0.15) is 6.07 Å². The highest BCUT2D eigenvalue weighted by molar-refractivity contribution is 5.95. The number of nitriles is 1. The summed E-state index contributed by atoms with van der Waals surface area (Å²) < 4.78 is 5.06. The molecule has 6 heteroatoms. The van der Waals surface area contributed by atoms with Crippen LogP contribution in [0.2, 0.25) is 0 Å². The molecule has 114 valence electrons. The molecule has 0 radical (unpaired) electrons. The largest absolute Gasteiger partial charge is 0.394 e. The van der Waals surface area contributed by atoms with E-state index in [2.05, 4.69) is 11.4 Å². The molecule has 21 heavy (non-hydrogen) atoms. The number of nitrogens with one attached hydrogen (secondary N) is 1. The van der Waals surface area contributed by atoms with E-state index in [4.69, 9.17) is 9.84 Å². The molecule has 0 heterocycles. The molecular formula is C15H21N3O3. The van der Waals surface area contributed by atoms with Crippen LogP contribution in [0, 0.1) is 11.3 Å². The van der Waals surface area contributed by atoms with Gasteiger partial charge in [-0.05, 0) is 25.1 Å². The standard InChI is InChI=1S/C15H21N3O3/c1-3-18(2)14-5-4-12(10-13(14)11-16)15(20)17-6-8-21-9-7-19/h4-5,10,19H,3,6-9H2,1-2H3,(H,17,20). The molecule has 6 nitrogen and oxygen atoms in total. The Morgan fingerprint density at radius 2 is 2.24 bits per heavy atom. The van der Waals surface area contributed by atoms with Crippen molar-refractivity contribution in [2.24, 2.45) is 0 Å². The molecular weight excluding hydrogens is 270 g/mol. The van der Waals surface area contributed by atoms with Gasteiger partial charge in [-0.2, -0.15) is 5.26 Å². The number of anilines is 1. The van der Waals surface area contributed by atoms with Crippen molar-refractivity contribution >= 4 is 11.6 Å². The second-order valence-electron chi connectivity index (χ2n) is 4.45. The van der Waals surface area contributed by atoms with Crippen LogP contribution in [-0.2, 0) is 4.74 Å². The van der Waals surface area contributed by atoms with Crippen molar-refractivity contribution in [3.8, 4) is 6.07 Å². The Bertz CT molecular complexity index is 511. The lowest BCUT2D eigenvalue weighted by atomic mass is 10.1. The predicted octanol–water partition coefficient (Wildman–Crippen LogP) is 0.753. The minimum absolute atomic E-state index is 0.0358. The SMILES string of the molecule is CCN(C)c1ccc(C(=O)NCCOCCO)cc1C#N. The van der Waals surface area contributed by atoms with Crippen molar-refractivity contribution in [1.29, 1.82) is 5.26 Å². The summed E-state index contributed by atoms with van der Waals surface area (Å²) >= 11 is 0. The molecule has 0 saturated carbocycles. The van der Waals surface area contributed by atoms with Crippen molar-refractivity contribution in [2.45, 2.75) is 6.92 Å². The van der Waals surface area contributed by atoms with Crippen LogP contribution in [0.25, 0.3) is 0 Å². The second kappa shape index (κ2) is 8.95. The zero-order chi connectivity index (χ0) is 15.7. The van der Waals surface area contributed by atoms with E-state index in [1.807, 2.05) is 18.9 Å². The van der Waals surface area contributed by atoms with Gasteiger partial charge in [-0.3, -0.25) is 4.79 Å². The van der Waals surface area contributed by atoms with Gasteiger partial charge in [-0.25, -0.2) is 0 Å². The van der Waals surface area contributed by atoms with Crippen molar-refractivity contribution in [1.82, 2.24) is 5.32 Å². The van der Waals surface area contributed by atoms with Crippen LogP contribution in [0.15, 0.2) is 18.2 Å². The molecule has 0 spiro atoms. The molecule has 0 aliphatic carbocycles. The van der Waals surface area contributed by atoms with E-state index in [1.165, 1.54) is 0 Å². The number of carbonyl (C=O) groups excluding carboxylic acids is 1. The van der Waals surface area contributed by atoms with E-state index in [-0.39, 0.29) is 19.1 Å². The Balaban J connectivity index is 2.67. The summed E-state index contributed by atoms with van der Waals surface area (Å²) in [5, 5.41) is 20.4. The Morgan fingerprint density at radius 1 is 1.48 bits per heavy atom. The topological polar surface area (TPSA) is 85.6 Å². The van der Waals surface area contributed by atoms with Crippen LogP contribution in [-0.4, -0.2) is 51.0 Å². The average Bonchev–Trinajstić information content (AvgIpc) is 2.53. The smallest absolute Gasteiger partial charge is 0.251 e. The number of ether oxygens (including phenoxy) is 1. The molecule has 1 amide bonds. The van der Waals surface area contributed by atoms with Crippen LogP contribution < -0.4 is 10.2 Å². The van der Waals surface area contributed by atoms with Gasteiger partial charge in [-0.1, -0.05) is 0 Å². The van der Waals surface area contributed by atoms with E-state index in [1.54, 1.807) is 18.2 Å². The number of rotatable bonds is 8. The van der Waals surface area contributed by atoms with Crippen LogP contribution in [0.1, 0.15) is 22.8 Å². The Kier molecular flexibility index (Phi) is 7.23. The number of amides is 1. The van der Waals surface area contributed by atoms with Gasteiger partial charge < -0.3 is 20.1 Å². The highest BCUT2D eigenvalue weighted by Gasteiger charge is 2.11. The molecule has 0 aliphatic rings. The number of hydrogen-bond donors (Lipinski definition) is 2. The lowest BCUT2D eigenvalue weighted by molar-refractivity contribution is 0.0838. The minimum Gasteiger partial charge on any atom is -0.394 e. The molecule has 0 unspecified atom stereocenters. The summed E-state index contributed by atoms with van der Waals surface area (Å²) in [5.41, 5.74) is 1.73. The Labute approximate surface area is 124 Å². The van der Waals surface area contributed by atoms with Crippen molar-refractivity contribution in [3.63, 3.8) is 0 Å². The van der Waals surface area contributed by atoms with Crippen LogP contribution in [0.5, 0.6) is 0 Å². The number of aliphatic hydroxyl groups is 1.